The number of aliphatic imine (C=N–C) groups is 1. The van der Waals surface area contributed by atoms with E-state index in [0.717, 1.165) is 42.5 Å². The molecule has 2 rings (SSSR count). The van der Waals surface area contributed by atoms with Crippen molar-refractivity contribution in [3.05, 3.63) is 54.1 Å². The van der Waals surface area contributed by atoms with Crippen molar-refractivity contribution in [1.29, 1.82) is 0 Å². The molecular formula is C21H29N3O3. The van der Waals surface area contributed by atoms with Gasteiger partial charge in [-0.2, -0.15) is 0 Å². The Morgan fingerprint density at radius 2 is 1.81 bits per heavy atom. The molecule has 0 saturated carbocycles. The summed E-state index contributed by atoms with van der Waals surface area (Å²) in [5.41, 5.74) is 2.14. The van der Waals surface area contributed by atoms with E-state index in [2.05, 4.69) is 21.7 Å². The Hall–Kier alpha value is -2.73. The molecule has 2 aromatic rings. The minimum atomic E-state index is 0.630. The Morgan fingerprint density at radius 1 is 1.00 bits per heavy atom. The first-order valence-corrected chi connectivity index (χ1v) is 9.07. The van der Waals surface area contributed by atoms with Gasteiger partial charge in [0.05, 0.1) is 13.7 Å². The van der Waals surface area contributed by atoms with Gasteiger partial charge in [0.25, 0.3) is 0 Å². The van der Waals surface area contributed by atoms with Crippen LogP contribution in [0.4, 0.5) is 5.69 Å². The molecule has 0 radical (unpaired) electrons. The van der Waals surface area contributed by atoms with Gasteiger partial charge in [0.15, 0.2) is 5.96 Å². The molecule has 0 amide bonds. The Bertz CT molecular complexity index is 719. The van der Waals surface area contributed by atoms with Crippen LogP contribution < -0.4 is 20.1 Å². The second-order valence-electron chi connectivity index (χ2n) is 5.95. The molecule has 0 fully saturated rings. The summed E-state index contributed by atoms with van der Waals surface area (Å²) in [5.74, 6) is 2.41. The molecule has 2 aromatic carbocycles. The molecule has 0 aromatic heterocycles. The van der Waals surface area contributed by atoms with Crippen LogP contribution in [0.5, 0.6) is 11.5 Å². The number of nitrogens with one attached hydrogen (secondary N) is 2. The normalized spacial score (nSPS) is 11.1. The molecule has 0 bridgehead atoms. The lowest BCUT2D eigenvalue weighted by Gasteiger charge is -2.13. The zero-order chi connectivity index (χ0) is 19.3. The Balaban J connectivity index is 1.82. The minimum absolute atomic E-state index is 0.630. The number of methoxy groups -OCH3 is 2. The fourth-order valence-corrected chi connectivity index (χ4v) is 2.53. The summed E-state index contributed by atoms with van der Waals surface area (Å²) in [5, 5.41) is 6.61. The maximum Gasteiger partial charge on any atom is 0.195 e. The van der Waals surface area contributed by atoms with Gasteiger partial charge in [-0.1, -0.05) is 18.2 Å². The third-order valence-electron chi connectivity index (χ3n) is 3.92. The number of ether oxygens (including phenoxy) is 3. The van der Waals surface area contributed by atoms with E-state index in [1.807, 2.05) is 42.5 Å². The monoisotopic (exact) mass is 371 g/mol. The largest absolute Gasteiger partial charge is 0.497 e. The highest BCUT2D eigenvalue weighted by Gasteiger charge is 2.02. The molecule has 0 spiro atoms. The van der Waals surface area contributed by atoms with Crippen LogP contribution in [0.2, 0.25) is 0 Å². The molecule has 0 heterocycles. The van der Waals surface area contributed by atoms with Crippen LogP contribution in [-0.4, -0.2) is 47.0 Å². The first kappa shape index (κ1) is 20.6. The van der Waals surface area contributed by atoms with E-state index >= 15 is 0 Å². The molecule has 0 unspecified atom stereocenters. The van der Waals surface area contributed by atoms with Gasteiger partial charge in [0.2, 0.25) is 0 Å². The molecule has 27 heavy (non-hydrogen) atoms. The SMILES string of the molecule is CN=C(NCCc1cccc(OC)c1)Nc1cccc(OCCCOC)c1. The predicted molar refractivity (Wildman–Crippen MR) is 110 cm³/mol. The van der Waals surface area contributed by atoms with E-state index in [1.165, 1.54) is 5.56 Å². The fourth-order valence-electron chi connectivity index (χ4n) is 2.53. The van der Waals surface area contributed by atoms with Gasteiger partial charge in [-0.25, -0.2) is 0 Å². The summed E-state index contributed by atoms with van der Waals surface area (Å²) in [6, 6.07) is 15.9. The minimum Gasteiger partial charge on any atom is -0.497 e. The average Bonchev–Trinajstić information content (AvgIpc) is 2.71. The molecule has 0 aliphatic heterocycles. The van der Waals surface area contributed by atoms with Crippen molar-refractivity contribution in [3.8, 4) is 11.5 Å². The summed E-state index contributed by atoms with van der Waals surface area (Å²) >= 11 is 0. The van der Waals surface area contributed by atoms with Crippen molar-refractivity contribution < 1.29 is 14.2 Å². The van der Waals surface area contributed by atoms with E-state index < -0.39 is 0 Å². The molecule has 6 nitrogen and oxygen atoms in total. The van der Waals surface area contributed by atoms with Crippen LogP contribution in [0.1, 0.15) is 12.0 Å². The number of hydrogen-bond acceptors (Lipinski definition) is 4. The molecule has 0 aliphatic carbocycles. The van der Waals surface area contributed by atoms with Crippen molar-refractivity contribution in [1.82, 2.24) is 5.32 Å². The second-order valence-corrected chi connectivity index (χ2v) is 5.95. The Labute approximate surface area is 161 Å². The highest BCUT2D eigenvalue weighted by atomic mass is 16.5. The Morgan fingerprint density at radius 3 is 2.59 bits per heavy atom. The van der Waals surface area contributed by atoms with Gasteiger partial charge in [0, 0.05) is 45.5 Å². The smallest absolute Gasteiger partial charge is 0.195 e. The van der Waals surface area contributed by atoms with Crippen molar-refractivity contribution in [3.63, 3.8) is 0 Å². The Kier molecular flexibility index (Phi) is 9.00. The summed E-state index contributed by atoms with van der Waals surface area (Å²) in [4.78, 5) is 4.28. The topological polar surface area (TPSA) is 64.1 Å². The molecule has 6 heteroatoms. The van der Waals surface area contributed by atoms with Gasteiger partial charge in [0.1, 0.15) is 11.5 Å². The molecular weight excluding hydrogens is 342 g/mol. The third kappa shape index (κ3) is 7.58. The van der Waals surface area contributed by atoms with E-state index in [1.54, 1.807) is 21.3 Å². The zero-order valence-electron chi connectivity index (χ0n) is 16.3. The molecule has 2 N–H and O–H groups in total. The third-order valence-corrected chi connectivity index (χ3v) is 3.92. The lowest BCUT2D eigenvalue weighted by atomic mass is 10.1. The number of rotatable bonds is 10. The van der Waals surface area contributed by atoms with Crippen molar-refractivity contribution in [2.24, 2.45) is 4.99 Å². The van der Waals surface area contributed by atoms with Crippen molar-refractivity contribution in [2.45, 2.75) is 12.8 Å². The fraction of sp³-hybridized carbons (Fsp3) is 0.381. The van der Waals surface area contributed by atoms with Crippen LogP contribution in [0.25, 0.3) is 0 Å². The van der Waals surface area contributed by atoms with Crippen molar-refractivity contribution in [2.75, 3.05) is 46.3 Å². The lowest BCUT2D eigenvalue weighted by molar-refractivity contribution is 0.172. The van der Waals surface area contributed by atoms with Gasteiger partial charge in [-0.3, -0.25) is 4.99 Å². The standard InChI is InChI=1S/C21H29N3O3/c1-22-21(23-12-11-17-7-4-9-19(15-17)26-3)24-18-8-5-10-20(16-18)27-14-6-13-25-2/h4-5,7-10,15-16H,6,11-14H2,1-3H3,(H2,22,23,24). The molecule has 146 valence electrons. The van der Waals surface area contributed by atoms with Crippen LogP contribution in [0.3, 0.4) is 0 Å². The molecule has 0 saturated heterocycles. The average molecular weight is 371 g/mol. The van der Waals surface area contributed by atoms with Crippen LogP contribution in [0.15, 0.2) is 53.5 Å². The summed E-state index contributed by atoms with van der Waals surface area (Å²) < 4.78 is 16.0. The van der Waals surface area contributed by atoms with Crippen LogP contribution in [-0.2, 0) is 11.2 Å². The quantitative estimate of drug-likeness (QED) is 0.381. The first-order chi connectivity index (χ1) is 13.2. The van der Waals surface area contributed by atoms with Crippen LogP contribution in [0, 0.1) is 0 Å². The second kappa shape index (κ2) is 11.8. The highest BCUT2D eigenvalue weighted by Crippen LogP contribution is 2.17. The van der Waals surface area contributed by atoms with E-state index in [-0.39, 0.29) is 0 Å². The number of guanidine groups is 1. The number of nitrogens with zero attached hydrogens (tertiary/aromatic N) is 1. The number of benzene rings is 2. The molecule has 0 atom stereocenters. The predicted octanol–water partition coefficient (Wildman–Crippen LogP) is 3.34. The maximum atomic E-state index is 5.73. The van der Waals surface area contributed by atoms with Gasteiger partial charge >= 0.3 is 0 Å². The van der Waals surface area contributed by atoms with E-state index in [9.17, 15) is 0 Å². The van der Waals surface area contributed by atoms with Gasteiger partial charge in [-0.05, 0) is 36.2 Å². The van der Waals surface area contributed by atoms with Crippen LogP contribution >= 0.6 is 0 Å². The van der Waals surface area contributed by atoms with E-state index in [4.69, 9.17) is 14.2 Å². The highest BCUT2D eigenvalue weighted by molar-refractivity contribution is 5.93. The summed E-state index contributed by atoms with van der Waals surface area (Å²) in [6.07, 6.45) is 1.74. The number of anilines is 1. The van der Waals surface area contributed by atoms with Crippen molar-refractivity contribution >= 4 is 11.6 Å². The number of hydrogen-bond donors (Lipinski definition) is 2. The summed E-state index contributed by atoms with van der Waals surface area (Å²) in [7, 11) is 5.13. The lowest BCUT2D eigenvalue weighted by Crippen LogP contribution is -2.32. The summed E-state index contributed by atoms with van der Waals surface area (Å²) in [6.45, 7) is 2.09. The van der Waals surface area contributed by atoms with Gasteiger partial charge in [-0.15, -0.1) is 0 Å². The first-order valence-electron chi connectivity index (χ1n) is 9.07. The molecule has 0 aliphatic rings. The maximum absolute atomic E-state index is 5.73. The zero-order valence-corrected chi connectivity index (χ0v) is 16.3. The van der Waals surface area contributed by atoms with E-state index in [0.29, 0.717) is 13.2 Å². The van der Waals surface area contributed by atoms with Gasteiger partial charge < -0.3 is 24.8 Å².